The Labute approximate surface area is 155 Å². The number of halogens is 3. The third-order valence-electron chi connectivity index (χ3n) is 5.24. The SMILES string of the molecule is CCc1c(C)nc2n(c1=O)CN(C1CC1)CN2c1cccc(C(F)(F)F)c1. The van der Waals surface area contributed by atoms with Gasteiger partial charge in [-0.2, -0.15) is 13.2 Å². The molecule has 1 aromatic carbocycles. The molecule has 0 atom stereocenters. The monoisotopic (exact) mass is 378 g/mol. The molecule has 2 aromatic rings. The molecule has 1 fully saturated rings. The van der Waals surface area contributed by atoms with E-state index in [2.05, 4.69) is 9.88 Å². The van der Waals surface area contributed by atoms with Crippen molar-refractivity contribution in [3.8, 4) is 0 Å². The number of fused-ring (bicyclic) bond motifs is 1. The Morgan fingerprint density at radius 2 is 1.96 bits per heavy atom. The van der Waals surface area contributed by atoms with E-state index in [0.717, 1.165) is 25.0 Å². The molecule has 2 aliphatic rings. The van der Waals surface area contributed by atoms with Crippen LogP contribution in [0, 0.1) is 6.92 Å². The van der Waals surface area contributed by atoms with Crippen LogP contribution in [0.4, 0.5) is 24.8 Å². The highest BCUT2D eigenvalue weighted by Gasteiger charge is 2.37. The van der Waals surface area contributed by atoms with Gasteiger partial charge in [0.2, 0.25) is 5.95 Å². The largest absolute Gasteiger partial charge is 0.416 e. The minimum atomic E-state index is -4.42. The topological polar surface area (TPSA) is 41.4 Å². The fourth-order valence-electron chi connectivity index (χ4n) is 3.62. The first-order chi connectivity index (χ1) is 12.8. The van der Waals surface area contributed by atoms with Crippen molar-refractivity contribution in [2.45, 2.75) is 52.0 Å². The molecular formula is C19H21F3N4O. The maximum atomic E-state index is 13.2. The second-order valence-corrected chi connectivity index (χ2v) is 7.14. The summed E-state index contributed by atoms with van der Waals surface area (Å²) < 4.78 is 41.1. The Morgan fingerprint density at radius 1 is 1.22 bits per heavy atom. The van der Waals surface area contributed by atoms with Crippen LogP contribution in [0.15, 0.2) is 29.1 Å². The lowest BCUT2D eigenvalue weighted by atomic mass is 10.1. The van der Waals surface area contributed by atoms with E-state index in [1.54, 1.807) is 22.5 Å². The first-order valence-corrected chi connectivity index (χ1v) is 9.08. The summed E-state index contributed by atoms with van der Waals surface area (Å²) in [5, 5.41) is 0. The molecule has 0 unspecified atom stereocenters. The molecular weight excluding hydrogens is 357 g/mol. The summed E-state index contributed by atoms with van der Waals surface area (Å²) in [6, 6.07) is 5.56. The first-order valence-electron chi connectivity index (χ1n) is 9.08. The van der Waals surface area contributed by atoms with Gasteiger partial charge in [-0.3, -0.25) is 19.2 Å². The summed E-state index contributed by atoms with van der Waals surface area (Å²) >= 11 is 0. The smallest absolute Gasteiger partial charge is 0.298 e. The van der Waals surface area contributed by atoms with Crippen LogP contribution in [-0.2, 0) is 19.3 Å². The van der Waals surface area contributed by atoms with Crippen LogP contribution >= 0.6 is 0 Å². The molecule has 0 bridgehead atoms. The normalized spacial score (nSPS) is 17.9. The van der Waals surface area contributed by atoms with E-state index in [-0.39, 0.29) is 5.56 Å². The number of benzene rings is 1. The molecule has 27 heavy (non-hydrogen) atoms. The predicted molar refractivity (Wildman–Crippen MR) is 95.9 cm³/mol. The molecule has 1 aliphatic carbocycles. The number of hydrogen-bond acceptors (Lipinski definition) is 4. The Kier molecular flexibility index (Phi) is 4.25. The second kappa shape index (κ2) is 6.37. The zero-order valence-corrected chi connectivity index (χ0v) is 15.3. The standard InChI is InChI=1S/C19H21F3N4O/c1-3-16-12(2)23-18-25(15-6-4-5-13(9-15)19(20,21)22)10-24(14-7-8-14)11-26(18)17(16)27/h4-6,9,14H,3,7-8,10-11H2,1-2H3. The van der Waals surface area contributed by atoms with Gasteiger partial charge in [0.15, 0.2) is 0 Å². The van der Waals surface area contributed by atoms with E-state index >= 15 is 0 Å². The molecule has 0 saturated heterocycles. The van der Waals surface area contributed by atoms with Crippen LogP contribution in [0.25, 0.3) is 0 Å². The van der Waals surface area contributed by atoms with Crippen molar-refractivity contribution in [2.24, 2.45) is 0 Å². The number of aromatic nitrogens is 2. The Morgan fingerprint density at radius 3 is 2.59 bits per heavy atom. The van der Waals surface area contributed by atoms with Gasteiger partial charge in [0.05, 0.1) is 18.9 Å². The highest BCUT2D eigenvalue weighted by atomic mass is 19.4. The number of aryl methyl sites for hydroxylation is 1. The Hall–Kier alpha value is -2.35. The maximum Gasteiger partial charge on any atom is 0.416 e. The fourth-order valence-corrected chi connectivity index (χ4v) is 3.62. The highest BCUT2D eigenvalue weighted by Crippen LogP contribution is 2.37. The van der Waals surface area contributed by atoms with Gasteiger partial charge in [-0.1, -0.05) is 13.0 Å². The van der Waals surface area contributed by atoms with Gasteiger partial charge in [0, 0.05) is 23.0 Å². The number of rotatable bonds is 3. The summed E-state index contributed by atoms with van der Waals surface area (Å²) in [5.74, 6) is 0.408. The minimum absolute atomic E-state index is 0.109. The van der Waals surface area contributed by atoms with Crippen molar-refractivity contribution in [1.29, 1.82) is 0 Å². The van der Waals surface area contributed by atoms with Crippen molar-refractivity contribution in [3.63, 3.8) is 0 Å². The Balaban J connectivity index is 1.85. The van der Waals surface area contributed by atoms with E-state index in [0.29, 0.717) is 48.7 Å². The van der Waals surface area contributed by atoms with Crippen LogP contribution < -0.4 is 10.5 Å². The third kappa shape index (κ3) is 3.22. The number of anilines is 2. The molecule has 1 aliphatic heterocycles. The zero-order valence-electron chi connectivity index (χ0n) is 15.3. The van der Waals surface area contributed by atoms with Gasteiger partial charge >= 0.3 is 6.18 Å². The van der Waals surface area contributed by atoms with Crippen LogP contribution in [0.1, 0.15) is 36.6 Å². The summed E-state index contributed by atoms with van der Waals surface area (Å²) in [6.07, 6.45) is -1.76. The van der Waals surface area contributed by atoms with Crippen LogP contribution in [0.3, 0.4) is 0 Å². The minimum Gasteiger partial charge on any atom is -0.298 e. The lowest BCUT2D eigenvalue weighted by Gasteiger charge is -2.38. The number of hydrogen-bond donors (Lipinski definition) is 0. The van der Waals surface area contributed by atoms with Crippen LogP contribution in [-0.4, -0.2) is 27.2 Å². The summed E-state index contributed by atoms with van der Waals surface area (Å²) in [6.45, 7) is 4.53. The van der Waals surface area contributed by atoms with E-state index < -0.39 is 11.7 Å². The predicted octanol–water partition coefficient (Wildman–Crippen LogP) is 3.66. The third-order valence-corrected chi connectivity index (χ3v) is 5.24. The summed E-state index contributed by atoms with van der Waals surface area (Å²) in [7, 11) is 0. The lowest BCUT2D eigenvalue weighted by molar-refractivity contribution is -0.137. The average molecular weight is 378 g/mol. The molecule has 4 rings (SSSR count). The van der Waals surface area contributed by atoms with Gasteiger partial charge in [-0.25, -0.2) is 4.98 Å². The molecule has 1 saturated carbocycles. The molecule has 1 aromatic heterocycles. The molecule has 8 heteroatoms. The average Bonchev–Trinajstić information content (AvgIpc) is 3.46. The quantitative estimate of drug-likeness (QED) is 0.817. The van der Waals surface area contributed by atoms with Gasteiger partial charge in [0.25, 0.3) is 5.56 Å². The van der Waals surface area contributed by atoms with Gasteiger partial charge in [0.1, 0.15) is 0 Å². The van der Waals surface area contributed by atoms with Gasteiger partial charge < -0.3 is 0 Å². The van der Waals surface area contributed by atoms with Crippen molar-refractivity contribution >= 4 is 11.6 Å². The fraction of sp³-hybridized carbons (Fsp3) is 0.474. The molecule has 144 valence electrons. The van der Waals surface area contributed by atoms with Crippen molar-refractivity contribution < 1.29 is 13.2 Å². The van der Waals surface area contributed by atoms with Crippen molar-refractivity contribution in [2.75, 3.05) is 11.6 Å². The zero-order chi connectivity index (χ0) is 19.3. The summed E-state index contributed by atoms with van der Waals surface area (Å²) in [5.41, 5.74) is 0.854. The second-order valence-electron chi connectivity index (χ2n) is 7.14. The molecule has 5 nitrogen and oxygen atoms in total. The Bertz CT molecular complexity index is 934. The molecule has 0 amide bonds. The lowest BCUT2D eigenvalue weighted by Crippen LogP contribution is -2.48. The van der Waals surface area contributed by atoms with E-state index in [1.807, 2.05) is 6.92 Å². The van der Waals surface area contributed by atoms with Crippen molar-refractivity contribution in [3.05, 3.63) is 51.4 Å². The molecule has 2 heterocycles. The highest BCUT2D eigenvalue weighted by molar-refractivity contribution is 5.59. The molecule has 0 radical (unpaired) electrons. The van der Waals surface area contributed by atoms with Crippen molar-refractivity contribution in [1.82, 2.24) is 14.5 Å². The first kappa shape index (κ1) is 18.0. The van der Waals surface area contributed by atoms with Gasteiger partial charge in [-0.15, -0.1) is 0 Å². The number of nitrogens with zero attached hydrogens (tertiary/aromatic N) is 4. The maximum absolute atomic E-state index is 13.2. The van der Waals surface area contributed by atoms with Crippen LogP contribution in [0.2, 0.25) is 0 Å². The van der Waals surface area contributed by atoms with E-state index in [9.17, 15) is 18.0 Å². The van der Waals surface area contributed by atoms with E-state index in [1.165, 1.54) is 6.07 Å². The van der Waals surface area contributed by atoms with Gasteiger partial charge in [-0.05, 0) is 44.4 Å². The summed E-state index contributed by atoms with van der Waals surface area (Å²) in [4.78, 5) is 21.4. The van der Waals surface area contributed by atoms with Crippen LogP contribution in [0.5, 0.6) is 0 Å². The number of alkyl halides is 3. The van der Waals surface area contributed by atoms with E-state index in [4.69, 9.17) is 0 Å². The molecule has 0 spiro atoms. The molecule has 0 N–H and O–H groups in total.